The summed E-state index contributed by atoms with van der Waals surface area (Å²) in [6.45, 7) is 5.81. The highest BCUT2D eigenvalue weighted by molar-refractivity contribution is 9.10. The van der Waals surface area contributed by atoms with Crippen LogP contribution in [0.15, 0.2) is 22.7 Å². The Bertz CT molecular complexity index is 518. The number of carbonyl (C=O) groups excluding carboxylic acids is 1. The van der Waals surface area contributed by atoms with Crippen LogP contribution in [-0.2, 0) is 9.59 Å². The number of halogens is 1. The summed E-state index contributed by atoms with van der Waals surface area (Å²) in [7, 11) is 0. The fourth-order valence-electron chi connectivity index (χ4n) is 1.87. The highest BCUT2D eigenvalue weighted by atomic mass is 79.9. The Kier molecular flexibility index (Phi) is 6.84. The van der Waals surface area contributed by atoms with E-state index in [1.54, 1.807) is 6.07 Å². The first-order chi connectivity index (χ1) is 9.79. The maximum atomic E-state index is 11.9. The van der Waals surface area contributed by atoms with Crippen LogP contribution in [0.1, 0.15) is 25.8 Å². The van der Waals surface area contributed by atoms with Crippen molar-refractivity contribution in [2.24, 2.45) is 5.92 Å². The fraction of sp³-hybridized carbons (Fsp3) is 0.467. The SMILES string of the molecule is Cc1ccc(NC(=O)CNC(CC(C)C)C(=O)O)c(Br)c1. The number of carboxylic acid groups (broad SMARTS) is 1. The topological polar surface area (TPSA) is 78.4 Å². The van der Waals surface area contributed by atoms with E-state index in [4.69, 9.17) is 5.11 Å². The molecule has 0 aliphatic heterocycles. The summed E-state index contributed by atoms with van der Waals surface area (Å²) >= 11 is 3.38. The van der Waals surface area contributed by atoms with Crippen LogP contribution in [0.25, 0.3) is 0 Å². The third-order valence-electron chi connectivity index (χ3n) is 2.91. The molecule has 0 saturated carbocycles. The molecular weight excluding hydrogens is 336 g/mol. The van der Waals surface area contributed by atoms with Crippen LogP contribution in [-0.4, -0.2) is 29.6 Å². The largest absolute Gasteiger partial charge is 0.480 e. The zero-order chi connectivity index (χ0) is 16.0. The smallest absolute Gasteiger partial charge is 0.320 e. The second-order valence-corrected chi connectivity index (χ2v) is 6.29. The van der Waals surface area contributed by atoms with Gasteiger partial charge >= 0.3 is 5.97 Å². The molecule has 1 rings (SSSR count). The van der Waals surface area contributed by atoms with Gasteiger partial charge in [-0.3, -0.25) is 14.9 Å². The Morgan fingerprint density at radius 2 is 2.00 bits per heavy atom. The molecule has 0 aliphatic carbocycles. The molecule has 0 spiro atoms. The van der Waals surface area contributed by atoms with E-state index in [1.165, 1.54) is 0 Å². The van der Waals surface area contributed by atoms with Crippen molar-refractivity contribution >= 4 is 33.5 Å². The molecule has 3 N–H and O–H groups in total. The number of aliphatic carboxylic acids is 1. The van der Waals surface area contributed by atoms with E-state index in [1.807, 2.05) is 32.9 Å². The number of aryl methyl sites for hydroxylation is 1. The first kappa shape index (κ1) is 17.7. The van der Waals surface area contributed by atoms with Crippen molar-refractivity contribution in [2.45, 2.75) is 33.2 Å². The molecule has 21 heavy (non-hydrogen) atoms. The molecule has 0 saturated heterocycles. The lowest BCUT2D eigenvalue weighted by Gasteiger charge is -2.16. The van der Waals surface area contributed by atoms with Crippen LogP contribution >= 0.6 is 15.9 Å². The molecule has 1 amide bonds. The fourth-order valence-corrected chi connectivity index (χ4v) is 2.47. The normalized spacial score (nSPS) is 12.2. The van der Waals surface area contributed by atoms with Crippen LogP contribution in [0.3, 0.4) is 0 Å². The highest BCUT2D eigenvalue weighted by Gasteiger charge is 2.19. The lowest BCUT2D eigenvalue weighted by Crippen LogP contribution is -2.42. The maximum absolute atomic E-state index is 11.9. The monoisotopic (exact) mass is 356 g/mol. The quantitative estimate of drug-likeness (QED) is 0.701. The van der Waals surface area contributed by atoms with Gasteiger partial charge in [0.2, 0.25) is 5.91 Å². The van der Waals surface area contributed by atoms with E-state index in [2.05, 4.69) is 26.6 Å². The van der Waals surface area contributed by atoms with Gasteiger partial charge in [0.05, 0.1) is 12.2 Å². The Morgan fingerprint density at radius 3 is 2.52 bits per heavy atom. The van der Waals surface area contributed by atoms with Gasteiger partial charge in [-0.1, -0.05) is 19.9 Å². The minimum Gasteiger partial charge on any atom is -0.480 e. The molecule has 116 valence electrons. The van der Waals surface area contributed by atoms with E-state index < -0.39 is 12.0 Å². The van der Waals surface area contributed by atoms with E-state index in [9.17, 15) is 9.59 Å². The number of rotatable bonds is 7. The molecule has 0 aromatic heterocycles. The van der Waals surface area contributed by atoms with Crippen molar-refractivity contribution in [3.8, 4) is 0 Å². The Labute approximate surface area is 133 Å². The molecule has 5 nitrogen and oxygen atoms in total. The predicted molar refractivity (Wildman–Crippen MR) is 86.4 cm³/mol. The summed E-state index contributed by atoms with van der Waals surface area (Å²) in [5.41, 5.74) is 1.75. The molecule has 1 unspecified atom stereocenters. The van der Waals surface area contributed by atoms with Crippen LogP contribution in [0, 0.1) is 12.8 Å². The summed E-state index contributed by atoms with van der Waals surface area (Å²) in [6.07, 6.45) is 0.483. The van der Waals surface area contributed by atoms with Gasteiger partial charge in [-0.15, -0.1) is 0 Å². The molecule has 0 radical (unpaired) electrons. The highest BCUT2D eigenvalue weighted by Crippen LogP contribution is 2.23. The Balaban J connectivity index is 2.54. The first-order valence-corrected chi connectivity index (χ1v) is 7.61. The summed E-state index contributed by atoms with van der Waals surface area (Å²) in [5.74, 6) is -0.963. The standard InChI is InChI=1S/C15H21BrN2O3/c1-9(2)6-13(15(20)21)17-8-14(19)18-12-5-4-10(3)7-11(12)16/h4-5,7,9,13,17H,6,8H2,1-3H3,(H,18,19)(H,20,21). The Hall–Kier alpha value is -1.40. The number of amides is 1. The zero-order valence-electron chi connectivity index (χ0n) is 12.4. The van der Waals surface area contributed by atoms with Crippen LogP contribution < -0.4 is 10.6 Å². The van der Waals surface area contributed by atoms with Gasteiger partial charge < -0.3 is 10.4 Å². The molecule has 0 fully saturated rings. The van der Waals surface area contributed by atoms with Gasteiger partial charge in [-0.25, -0.2) is 0 Å². The van der Waals surface area contributed by atoms with Gasteiger partial charge in [0.1, 0.15) is 6.04 Å². The van der Waals surface area contributed by atoms with Crippen molar-refractivity contribution in [2.75, 3.05) is 11.9 Å². The summed E-state index contributed by atoms with van der Waals surface area (Å²) in [4.78, 5) is 23.0. The number of carbonyl (C=O) groups is 2. The van der Waals surface area contributed by atoms with E-state index in [-0.39, 0.29) is 18.4 Å². The van der Waals surface area contributed by atoms with Gasteiger partial charge in [0.25, 0.3) is 0 Å². The van der Waals surface area contributed by atoms with Gasteiger partial charge in [0.15, 0.2) is 0 Å². The molecule has 0 aliphatic rings. The van der Waals surface area contributed by atoms with E-state index in [0.29, 0.717) is 12.1 Å². The van der Waals surface area contributed by atoms with Crippen molar-refractivity contribution in [3.05, 3.63) is 28.2 Å². The van der Waals surface area contributed by atoms with Crippen LogP contribution in [0.2, 0.25) is 0 Å². The van der Waals surface area contributed by atoms with E-state index in [0.717, 1.165) is 10.0 Å². The number of nitrogens with one attached hydrogen (secondary N) is 2. The molecule has 0 heterocycles. The first-order valence-electron chi connectivity index (χ1n) is 6.81. The summed E-state index contributed by atoms with van der Waals surface area (Å²) < 4.78 is 0.799. The third-order valence-corrected chi connectivity index (χ3v) is 3.57. The molecule has 1 aromatic rings. The number of hydrogen-bond acceptors (Lipinski definition) is 3. The summed E-state index contributed by atoms with van der Waals surface area (Å²) in [5, 5.41) is 14.6. The van der Waals surface area contributed by atoms with Gasteiger partial charge in [0, 0.05) is 4.47 Å². The van der Waals surface area contributed by atoms with Crippen molar-refractivity contribution in [1.29, 1.82) is 0 Å². The third kappa shape index (κ3) is 6.27. The zero-order valence-corrected chi connectivity index (χ0v) is 14.0. The number of benzene rings is 1. The molecule has 0 bridgehead atoms. The second kappa shape index (κ2) is 8.14. The average Bonchev–Trinajstić information content (AvgIpc) is 2.37. The lowest BCUT2D eigenvalue weighted by molar-refractivity contribution is -0.139. The Morgan fingerprint density at radius 1 is 1.33 bits per heavy atom. The second-order valence-electron chi connectivity index (χ2n) is 5.43. The number of carboxylic acids is 1. The molecule has 1 atom stereocenters. The molecular formula is C15H21BrN2O3. The van der Waals surface area contributed by atoms with Crippen molar-refractivity contribution in [3.63, 3.8) is 0 Å². The minimum absolute atomic E-state index is 0.0377. The number of hydrogen-bond donors (Lipinski definition) is 3. The number of anilines is 1. The lowest BCUT2D eigenvalue weighted by atomic mass is 10.0. The van der Waals surface area contributed by atoms with Crippen molar-refractivity contribution < 1.29 is 14.7 Å². The van der Waals surface area contributed by atoms with Crippen molar-refractivity contribution in [1.82, 2.24) is 5.32 Å². The van der Waals surface area contributed by atoms with Crippen LogP contribution in [0.5, 0.6) is 0 Å². The van der Waals surface area contributed by atoms with E-state index >= 15 is 0 Å². The predicted octanol–water partition coefficient (Wildman–Crippen LogP) is 2.78. The van der Waals surface area contributed by atoms with Gasteiger partial charge in [-0.2, -0.15) is 0 Å². The summed E-state index contributed by atoms with van der Waals surface area (Å²) in [6, 6.07) is 4.89. The van der Waals surface area contributed by atoms with Gasteiger partial charge in [-0.05, 0) is 52.9 Å². The maximum Gasteiger partial charge on any atom is 0.320 e. The van der Waals surface area contributed by atoms with Crippen LogP contribution in [0.4, 0.5) is 5.69 Å². The molecule has 6 heteroatoms. The average molecular weight is 357 g/mol. The minimum atomic E-state index is -0.937. The molecule has 1 aromatic carbocycles.